The Morgan fingerprint density at radius 1 is 1.00 bits per heavy atom. The second-order valence-electron chi connectivity index (χ2n) is 6.32. The molecule has 0 bridgehead atoms. The number of para-hydroxylation sites is 1. The Bertz CT molecular complexity index is 866. The first-order valence-electron chi connectivity index (χ1n) is 8.81. The standard InChI is InChI=1S/C20H20BrN3O2S/c21-15-8-6-7-14(13-15)18(25)23-20(27)22-17-10-3-2-9-16(17)19(26)24-11-4-1-5-12-24/h2-3,6-10,13H,1,4-5,11-12H2,(H2,22,23,25,27). The third-order valence-electron chi connectivity index (χ3n) is 4.36. The highest BCUT2D eigenvalue weighted by atomic mass is 79.9. The normalized spacial score (nSPS) is 13.7. The van der Waals surface area contributed by atoms with Crippen molar-refractivity contribution in [2.24, 2.45) is 0 Å². The molecule has 27 heavy (non-hydrogen) atoms. The van der Waals surface area contributed by atoms with Gasteiger partial charge in [0, 0.05) is 23.1 Å². The molecule has 0 saturated carbocycles. The Morgan fingerprint density at radius 3 is 2.48 bits per heavy atom. The average molecular weight is 446 g/mol. The highest BCUT2D eigenvalue weighted by molar-refractivity contribution is 9.10. The molecule has 0 atom stereocenters. The Balaban J connectivity index is 1.69. The molecule has 2 aromatic rings. The molecule has 1 aliphatic heterocycles. The van der Waals surface area contributed by atoms with Gasteiger partial charge in [-0.15, -0.1) is 0 Å². The van der Waals surface area contributed by atoms with Crippen LogP contribution in [0.3, 0.4) is 0 Å². The summed E-state index contributed by atoms with van der Waals surface area (Å²) in [6.45, 7) is 1.55. The minimum absolute atomic E-state index is 0.0149. The molecule has 0 aromatic heterocycles. The van der Waals surface area contributed by atoms with Gasteiger partial charge in [0.05, 0.1) is 11.3 Å². The van der Waals surface area contributed by atoms with Gasteiger partial charge in [-0.05, 0) is 61.8 Å². The van der Waals surface area contributed by atoms with E-state index < -0.39 is 0 Å². The van der Waals surface area contributed by atoms with E-state index in [0.717, 1.165) is 36.8 Å². The van der Waals surface area contributed by atoms with Crippen molar-refractivity contribution in [3.8, 4) is 0 Å². The molecule has 3 rings (SSSR count). The lowest BCUT2D eigenvalue weighted by molar-refractivity contribution is 0.0725. The van der Waals surface area contributed by atoms with E-state index in [-0.39, 0.29) is 16.9 Å². The van der Waals surface area contributed by atoms with Gasteiger partial charge in [-0.2, -0.15) is 0 Å². The molecule has 0 spiro atoms. The molecular weight excluding hydrogens is 426 g/mol. The maximum Gasteiger partial charge on any atom is 0.257 e. The van der Waals surface area contributed by atoms with Crippen molar-refractivity contribution >= 4 is 50.8 Å². The Morgan fingerprint density at radius 2 is 1.74 bits per heavy atom. The molecular formula is C20H20BrN3O2S. The van der Waals surface area contributed by atoms with Gasteiger partial charge < -0.3 is 10.2 Å². The quantitative estimate of drug-likeness (QED) is 0.694. The zero-order valence-electron chi connectivity index (χ0n) is 14.7. The molecule has 1 aliphatic rings. The molecule has 2 N–H and O–H groups in total. The van der Waals surface area contributed by atoms with E-state index in [1.807, 2.05) is 23.1 Å². The molecule has 1 fully saturated rings. The maximum atomic E-state index is 12.8. The number of hydrogen-bond acceptors (Lipinski definition) is 3. The molecule has 0 radical (unpaired) electrons. The second-order valence-corrected chi connectivity index (χ2v) is 7.64. The van der Waals surface area contributed by atoms with Crippen molar-refractivity contribution < 1.29 is 9.59 Å². The molecule has 0 aliphatic carbocycles. The maximum absolute atomic E-state index is 12.8. The van der Waals surface area contributed by atoms with Gasteiger partial charge in [-0.1, -0.05) is 34.1 Å². The number of carbonyl (C=O) groups excluding carboxylic acids is 2. The van der Waals surface area contributed by atoms with Gasteiger partial charge in [0.25, 0.3) is 11.8 Å². The summed E-state index contributed by atoms with van der Waals surface area (Å²) < 4.78 is 0.812. The first-order chi connectivity index (χ1) is 13.0. The highest BCUT2D eigenvalue weighted by Crippen LogP contribution is 2.20. The smallest absolute Gasteiger partial charge is 0.257 e. The average Bonchev–Trinajstić information content (AvgIpc) is 2.68. The number of carbonyl (C=O) groups is 2. The van der Waals surface area contributed by atoms with Crippen LogP contribution in [0.15, 0.2) is 53.0 Å². The van der Waals surface area contributed by atoms with Gasteiger partial charge in [-0.25, -0.2) is 0 Å². The molecule has 1 saturated heterocycles. The summed E-state index contributed by atoms with van der Waals surface area (Å²) in [5.41, 5.74) is 1.64. The lowest BCUT2D eigenvalue weighted by Gasteiger charge is -2.27. The first kappa shape index (κ1) is 19.5. The Hall–Kier alpha value is -2.25. The van der Waals surface area contributed by atoms with Gasteiger partial charge in [0.2, 0.25) is 0 Å². The minimum Gasteiger partial charge on any atom is -0.339 e. The van der Waals surface area contributed by atoms with E-state index in [4.69, 9.17) is 12.2 Å². The zero-order valence-corrected chi connectivity index (χ0v) is 17.1. The molecule has 140 valence electrons. The van der Waals surface area contributed by atoms with Crippen LogP contribution in [-0.2, 0) is 0 Å². The van der Waals surface area contributed by atoms with Crippen LogP contribution in [0.2, 0.25) is 0 Å². The van der Waals surface area contributed by atoms with Crippen molar-refractivity contribution in [1.29, 1.82) is 0 Å². The number of benzene rings is 2. The first-order valence-corrected chi connectivity index (χ1v) is 10.0. The van der Waals surface area contributed by atoms with E-state index >= 15 is 0 Å². The summed E-state index contributed by atoms with van der Waals surface area (Å²) in [4.78, 5) is 27.0. The number of likely N-dealkylation sites (tertiary alicyclic amines) is 1. The van der Waals surface area contributed by atoms with Gasteiger partial charge >= 0.3 is 0 Å². The fourth-order valence-corrected chi connectivity index (χ4v) is 3.61. The number of amides is 2. The fourth-order valence-electron chi connectivity index (χ4n) is 3.00. The summed E-state index contributed by atoms with van der Waals surface area (Å²) in [6.07, 6.45) is 3.22. The Labute approximate surface area is 172 Å². The van der Waals surface area contributed by atoms with E-state index in [0.29, 0.717) is 16.8 Å². The summed E-state index contributed by atoms with van der Waals surface area (Å²) in [7, 11) is 0. The largest absolute Gasteiger partial charge is 0.339 e. The van der Waals surface area contributed by atoms with Crippen LogP contribution in [-0.4, -0.2) is 34.9 Å². The van der Waals surface area contributed by atoms with Crippen molar-refractivity contribution in [3.63, 3.8) is 0 Å². The number of hydrogen-bond donors (Lipinski definition) is 2. The van der Waals surface area contributed by atoms with E-state index in [1.54, 1.807) is 30.3 Å². The zero-order chi connectivity index (χ0) is 19.2. The van der Waals surface area contributed by atoms with Crippen molar-refractivity contribution in [1.82, 2.24) is 10.2 Å². The molecule has 2 aromatic carbocycles. The second kappa shape index (κ2) is 9.10. The number of anilines is 1. The predicted octanol–water partition coefficient (Wildman–Crippen LogP) is 4.20. The number of piperidine rings is 1. The molecule has 0 unspecified atom stereocenters. The minimum atomic E-state index is -0.311. The molecule has 2 amide bonds. The molecule has 1 heterocycles. The monoisotopic (exact) mass is 445 g/mol. The Kier molecular flexibility index (Phi) is 6.58. The number of nitrogens with zero attached hydrogens (tertiary/aromatic N) is 1. The van der Waals surface area contributed by atoms with Crippen LogP contribution in [0.5, 0.6) is 0 Å². The summed E-state index contributed by atoms with van der Waals surface area (Å²) in [6, 6.07) is 14.3. The third-order valence-corrected chi connectivity index (χ3v) is 5.06. The molecule has 7 heteroatoms. The number of rotatable bonds is 3. The van der Waals surface area contributed by atoms with E-state index in [9.17, 15) is 9.59 Å². The van der Waals surface area contributed by atoms with Crippen LogP contribution in [0.1, 0.15) is 40.0 Å². The van der Waals surface area contributed by atoms with Gasteiger partial charge in [-0.3, -0.25) is 14.9 Å². The van der Waals surface area contributed by atoms with Crippen LogP contribution < -0.4 is 10.6 Å². The summed E-state index contributed by atoms with van der Waals surface area (Å²) in [5.74, 6) is -0.326. The lowest BCUT2D eigenvalue weighted by Crippen LogP contribution is -2.37. The van der Waals surface area contributed by atoms with E-state index in [2.05, 4.69) is 26.6 Å². The summed E-state index contributed by atoms with van der Waals surface area (Å²) >= 11 is 8.61. The van der Waals surface area contributed by atoms with Crippen LogP contribution in [0.4, 0.5) is 5.69 Å². The summed E-state index contributed by atoms with van der Waals surface area (Å²) in [5, 5.41) is 5.79. The van der Waals surface area contributed by atoms with Crippen molar-refractivity contribution in [2.75, 3.05) is 18.4 Å². The lowest BCUT2D eigenvalue weighted by atomic mass is 10.1. The van der Waals surface area contributed by atoms with E-state index in [1.165, 1.54) is 0 Å². The predicted molar refractivity (Wildman–Crippen MR) is 114 cm³/mol. The van der Waals surface area contributed by atoms with Crippen LogP contribution in [0, 0.1) is 0 Å². The fraction of sp³-hybridized carbons (Fsp3) is 0.250. The van der Waals surface area contributed by atoms with Crippen LogP contribution in [0.25, 0.3) is 0 Å². The van der Waals surface area contributed by atoms with Crippen molar-refractivity contribution in [3.05, 3.63) is 64.1 Å². The topological polar surface area (TPSA) is 61.4 Å². The van der Waals surface area contributed by atoms with Crippen molar-refractivity contribution in [2.45, 2.75) is 19.3 Å². The van der Waals surface area contributed by atoms with Gasteiger partial charge in [0.1, 0.15) is 0 Å². The highest BCUT2D eigenvalue weighted by Gasteiger charge is 2.21. The van der Waals surface area contributed by atoms with Crippen LogP contribution >= 0.6 is 28.1 Å². The number of thiocarbonyl (C=S) groups is 1. The SMILES string of the molecule is O=C(NC(=S)Nc1ccccc1C(=O)N1CCCCC1)c1cccc(Br)c1. The van der Waals surface area contributed by atoms with Gasteiger partial charge in [0.15, 0.2) is 5.11 Å². The third kappa shape index (κ3) is 5.14. The molecule has 5 nitrogen and oxygen atoms in total. The number of halogens is 1. The number of nitrogens with one attached hydrogen (secondary N) is 2.